The van der Waals surface area contributed by atoms with Crippen LogP contribution in [0.5, 0.6) is 11.5 Å². The first-order valence-electron chi connectivity index (χ1n) is 5.81. The number of carbonyl (C=O) groups excluding carboxylic acids is 1. The Hall–Kier alpha value is -1.79. The van der Waals surface area contributed by atoms with E-state index in [1.54, 1.807) is 19.2 Å². The lowest BCUT2D eigenvalue weighted by Crippen LogP contribution is -2.39. The van der Waals surface area contributed by atoms with Crippen LogP contribution in [-0.4, -0.2) is 39.9 Å². The van der Waals surface area contributed by atoms with E-state index in [1.807, 2.05) is 6.92 Å². The van der Waals surface area contributed by atoms with Crippen molar-refractivity contribution in [2.45, 2.75) is 13.0 Å². The fraction of sp³-hybridized carbons (Fsp3) is 0.462. The second kappa shape index (κ2) is 6.96. The van der Waals surface area contributed by atoms with E-state index in [0.717, 1.165) is 5.56 Å². The molecule has 19 heavy (non-hydrogen) atoms. The minimum atomic E-state index is -0.711. The molecule has 3 N–H and O–H groups in total. The fourth-order valence-corrected chi connectivity index (χ4v) is 1.60. The summed E-state index contributed by atoms with van der Waals surface area (Å²) in [5, 5.41) is 2.74. The molecule has 0 aromatic heterocycles. The first kappa shape index (κ1) is 15.3. The van der Waals surface area contributed by atoms with Crippen molar-refractivity contribution in [3.63, 3.8) is 0 Å². The number of nitrogens with two attached hydrogens (primary N) is 1. The Bertz CT molecular complexity index is 449. The molecule has 6 nitrogen and oxygen atoms in total. The summed E-state index contributed by atoms with van der Waals surface area (Å²) in [5.74, 6) is 0.847. The third kappa shape index (κ3) is 3.84. The molecule has 0 radical (unpaired) electrons. The summed E-state index contributed by atoms with van der Waals surface area (Å²) in [6, 6.07) is 2.78. The molecule has 0 spiro atoms. The van der Waals surface area contributed by atoms with Gasteiger partial charge in [-0.3, -0.25) is 4.79 Å². The first-order valence-corrected chi connectivity index (χ1v) is 5.81. The zero-order valence-electron chi connectivity index (χ0n) is 11.6. The number of rotatable bonds is 6. The quantitative estimate of drug-likeness (QED) is 0.801. The highest BCUT2D eigenvalue weighted by atomic mass is 16.5. The Morgan fingerprint density at radius 2 is 1.84 bits per heavy atom. The number of amides is 1. The Balaban J connectivity index is 2.92. The predicted octanol–water partition coefficient (Wildman–Crippen LogP) is 0.924. The largest absolute Gasteiger partial charge is 0.493 e. The first-order chi connectivity index (χ1) is 9.03. The van der Waals surface area contributed by atoms with Crippen molar-refractivity contribution in [2.75, 3.05) is 33.3 Å². The van der Waals surface area contributed by atoms with Crippen molar-refractivity contribution in [1.29, 1.82) is 0 Å². The van der Waals surface area contributed by atoms with Crippen LogP contribution in [0, 0.1) is 6.92 Å². The maximum Gasteiger partial charge on any atom is 0.243 e. The molecule has 0 aliphatic heterocycles. The van der Waals surface area contributed by atoms with Crippen LogP contribution in [0.1, 0.15) is 5.56 Å². The molecule has 106 valence electrons. The molecule has 1 aromatic rings. The van der Waals surface area contributed by atoms with Crippen molar-refractivity contribution >= 4 is 11.6 Å². The number of hydrogen-bond acceptors (Lipinski definition) is 5. The number of benzene rings is 1. The van der Waals surface area contributed by atoms with Crippen molar-refractivity contribution in [2.24, 2.45) is 5.73 Å². The Morgan fingerprint density at radius 3 is 2.37 bits per heavy atom. The number of hydrogen-bond donors (Lipinski definition) is 2. The summed E-state index contributed by atoms with van der Waals surface area (Å²) in [6.07, 6.45) is 0. The number of carbonyl (C=O) groups is 1. The summed E-state index contributed by atoms with van der Waals surface area (Å²) in [4.78, 5) is 11.8. The molecule has 1 aromatic carbocycles. The van der Waals surface area contributed by atoms with Gasteiger partial charge in [-0.1, -0.05) is 0 Å². The van der Waals surface area contributed by atoms with Gasteiger partial charge < -0.3 is 25.3 Å². The SMILES string of the molecule is COCC(N)C(=O)Nc1cc(OC)c(OC)cc1C. The molecule has 6 heteroatoms. The minimum Gasteiger partial charge on any atom is -0.493 e. The topological polar surface area (TPSA) is 82.8 Å². The van der Waals surface area contributed by atoms with E-state index in [9.17, 15) is 4.79 Å². The number of ether oxygens (including phenoxy) is 3. The van der Waals surface area contributed by atoms with Crippen LogP contribution < -0.4 is 20.5 Å². The lowest BCUT2D eigenvalue weighted by molar-refractivity contribution is -0.118. The van der Waals surface area contributed by atoms with Gasteiger partial charge in [-0.15, -0.1) is 0 Å². The molecule has 0 saturated carbocycles. The molecule has 1 atom stereocenters. The molecule has 0 aliphatic rings. The Kier molecular flexibility index (Phi) is 5.59. The van der Waals surface area contributed by atoms with E-state index < -0.39 is 6.04 Å². The Labute approximate surface area is 112 Å². The van der Waals surface area contributed by atoms with E-state index in [0.29, 0.717) is 17.2 Å². The number of anilines is 1. The Morgan fingerprint density at radius 1 is 1.26 bits per heavy atom. The van der Waals surface area contributed by atoms with Gasteiger partial charge >= 0.3 is 0 Å². The van der Waals surface area contributed by atoms with Gasteiger partial charge in [0.1, 0.15) is 6.04 Å². The third-order valence-electron chi connectivity index (χ3n) is 2.67. The highest BCUT2D eigenvalue weighted by molar-refractivity contribution is 5.95. The van der Waals surface area contributed by atoms with Gasteiger partial charge in [-0.05, 0) is 18.6 Å². The molecule has 0 fully saturated rings. The average Bonchev–Trinajstić information content (AvgIpc) is 2.40. The van der Waals surface area contributed by atoms with E-state index in [-0.39, 0.29) is 12.5 Å². The van der Waals surface area contributed by atoms with E-state index in [4.69, 9.17) is 19.9 Å². The average molecular weight is 268 g/mol. The summed E-state index contributed by atoms with van der Waals surface area (Å²) >= 11 is 0. The maximum atomic E-state index is 11.8. The zero-order chi connectivity index (χ0) is 14.4. The van der Waals surface area contributed by atoms with E-state index in [2.05, 4.69) is 5.32 Å². The minimum absolute atomic E-state index is 0.165. The van der Waals surface area contributed by atoms with Gasteiger partial charge in [0, 0.05) is 18.9 Å². The fourth-order valence-electron chi connectivity index (χ4n) is 1.60. The standard InChI is InChI=1S/C13H20N2O4/c1-8-5-11(18-3)12(19-4)6-10(8)15-13(16)9(14)7-17-2/h5-6,9H,7,14H2,1-4H3,(H,15,16). The molecular weight excluding hydrogens is 248 g/mol. The normalized spacial score (nSPS) is 11.8. The summed E-state index contributed by atoms with van der Waals surface area (Å²) in [5.41, 5.74) is 7.15. The number of methoxy groups -OCH3 is 3. The smallest absolute Gasteiger partial charge is 0.243 e. The van der Waals surface area contributed by atoms with Crippen molar-refractivity contribution in [1.82, 2.24) is 0 Å². The molecule has 1 unspecified atom stereocenters. The summed E-state index contributed by atoms with van der Waals surface area (Å²) in [7, 11) is 4.59. The van der Waals surface area contributed by atoms with Crippen LogP contribution in [0.3, 0.4) is 0 Å². The summed E-state index contributed by atoms with van der Waals surface area (Å²) in [6.45, 7) is 2.03. The molecule has 0 aliphatic carbocycles. The van der Waals surface area contributed by atoms with Gasteiger partial charge in [0.05, 0.1) is 20.8 Å². The van der Waals surface area contributed by atoms with Crippen LogP contribution in [0.15, 0.2) is 12.1 Å². The van der Waals surface area contributed by atoms with Crippen LogP contribution in [-0.2, 0) is 9.53 Å². The van der Waals surface area contributed by atoms with Crippen LogP contribution in [0.4, 0.5) is 5.69 Å². The molecule has 0 bridgehead atoms. The zero-order valence-corrected chi connectivity index (χ0v) is 11.6. The van der Waals surface area contributed by atoms with Crippen molar-refractivity contribution in [3.8, 4) is 11.5 Å². The van der Waals surface area contributed by atoms with Crippen LogP contribution in [0.2, 0.25) is 0 Å². The van der Waals surface area contributed by atoms with Gasteiger partial charge in [-0.2, -0.15) is 0 Å². The third-order valence-corrected chi connectivity index (χ3v) is 2.67. The number of aryl methyl sites for hydroxylation is 1. The van der Waals surface area contributed by atoms with Crippen LogP contribution in [0.25, 0.3) is 0 Å². The molecular formula is C13H20N2O4. The lowest BCUT2D eigenvalue weighted by atomic mass is 10.1. The number of nitrogens with one attached hydrogen (secondary N) is 1. The monoisotopic (exact) mass is 268 g/mol. The van der Waals surface area contributed by atoms with E-state index >= 15 is 0 Å². The molecule has 0 heterocycles. The highest BCUT2D eigenvalue weighted by Gasteiger charge is 2.16. The predicted molar refractivity (Wildman–Crippen MR) is 72.8 cm³/mol. The highest BCUT2D eigenvalue weighted by Crippen LogP contribution is 2.32. The molecule has 0 saturated heterocycles. The van der Waals surface area contributed by atoms with Crippen molar-refractivity contribution in [3.05, 3.63) is 17.7 Å². The maximum absolute atomic E-state index is 11.8. The molecule has 1 rings (SSSR count). The van der Waals surface area contributed by atoms with Gasteiger partial charge in [0.15, 0.2) is 11.5 Å². The second-order valence-corrected chi connectivity index (χ2v) is 4.07. The second-order valence-electron chi connectivity index (χ2n) is 4.07. The van der Waals surface area contributed by atoms with Crippen molar-refractivity contribution < 1.29 is 19.0 Å². The lowest BCUT2D eigenvalue weighted by Gasteiger charge is -2.15. The van der Waals surface area contributed by atoms with Crippen LogP contribution >= 0.6 is 0 Å². The van der Waals surface area contributed by atoms with E-state index in [1.165, 1.54) is 14.2 Å². The molecule has 1 amide bonds. The summed E-state index contributed by atoms with van der Waals surface area (Å²) < 4.78 is 15.2. The van der Waals surface area contributed by atoms with Gasteiger partial charge in [0.25, 0.3) is 0 Å². The van der Waals surface area contributed by atoms with Gasteiger partial charge in [0.2, 0.25) is 5.91 Å². The van der Waals surface area contributed by atoms with Gasteiger partial charge in [-0.25, -0.2) is 0 Å².